The molecule has 0 radical (unpaired) electrons. The van der Waals surface area contributed by atoms with Gasteiger partial charge in [-0.2, -0.15) is 0 Å². The van der Waals surface area contributed by atoms with Crippen LogP contribution in [0.25, 0.3) is 0 Å². The lowest BCUT2D eigenvalue weighted by atomic mass is 9.72. The van der Waals surface area contributed by atoms with Gasteiger partial charge in [0.1, 0.15) is 11.5 Å². The lowest BCUT2D eigenvalue weighted by Crippen LogP contribution is -2.42. The third-order valence-electron chi connectivity index (χ3n) is 5.27. The minimum absolute atomic E-state index is 0.188. The topological polar surface area (TPSA) is 32.7 Å². The highest BCUT2D eigenvalue weighted by atomic mass is 16.5. The van der Waals surface area contributed by atoms with E-state index in [0.717, 1.165) is 24.3 Å². The first-order chi connectivity index (χ1) is 10.1. The molecule has 110 valence electrons. The van der Waals surface area contributed by atoms with Crippen molar-refractivity contribution < 1.29 is 9.84 Å². The summed E-state index contributed by atoms with van der Waals surface area (Å²) in [4.78, 5) is 2.39. The van der Waals surface area contributed by atoms with Crippen LogP contribution >= 0.6 is 0 Å². The molecule has 0 bridgehead atoms. The minimum atomic E-state index is -0.229. The Bertz CT molecular complexity index is 674. The number of allylic oxidation sites excluding steroid dienone is 2. The molecule has 1 aliphatic heterocycles. The maximum atomic E-state index is 10.2. The molecule has 1 aromatic rings. The largest absolute Gasteiger partial charge is 0.508 e. The van der Waals surface area contributed by atoms with E-state index in [1.54, 1.807) is 0 Å². The number of hydrogen-bond donors (Lipinski definition) is 1. The van der Waals surface area contributed by atoms with Crippen molar-refractivity contribution in [3.05, 3.63) is 52.3 Å². The number of rotatable bonds is 2. The maximum Gasteiger partial charge on any atom is 0.166 e. The number of likely N-dealkylation sites (N-methyl/N-ethyl adjacent to an activating group) is 1. The van der Waals surface area contributed by atoms with Gasteiger partial charge >= 0.3 is 0 Å². The number of aliphatic hydroxyl groups excluding tert-OH is 1. The van der Waals surface area contributed by atoms with Crippen molar-refractivity contribution in [2.45, 2.75) is 38.3 Å². The van der Waals surface area contributed by atoms with E-state index in [1.807, 2.05) is 6.08 Å². The first-order valence-corrected chi connectivity index (χ1v) is 7.71. The van der Waals surface area contributed by atoms with Crippen molar-refractivity contribution in [3.63, 3.8) is 0 Å². The quantitative estimate of drug-likeness (QED) is 0.905. The molecule has 1 aromatic carbocycles. The van der Waals surface area contributed by atoms with Crippen LogP contribution in [0.3, 0.4) is 0 Å². The summed E-state index contributed by atoms with van der Waals surface area (Å²) >= 11 is 0. The second-order valence-corrected chi connectivity index (χ2v) is 6.35. The summed E-state index contributed by atoms with van der Waals surface area (Å²) in [5, 5.41) is 10.2. The van der Waals surface area contributed by atoms with E-state index in [4.69, 9.17) is 4.74 Å². The minimum Gasteiger partial charge on any atom is -0.508 e. The number of hydrogen-bond acceptors (Lipinski definition) is 3. The zero-order valence-corrected chi connectivity index (χ0v) is 12.8. The molecule has 0 spiro atoms. The van der Waals surface area contributed by atoms with Crippen molar-refractivity contribution in [2.24, 2.45) is 0 Å². The number of nitrogens with zero attached hydrogens (tertiary/aromatic N) is 1. The highest BCUT2D eigenvalue weighted by Gasteiger charge is 2.48. The summed E-state index contributed by atoms with van der Waals surface area (Å²) in [6.07, 6.45) is 4.73. The summed E-state index contributed by atoms with van der Waals surface area (Å²) in [7, 11) is 2.18. The molecule has 0 saturated carbocycles. The SMILES string of the molecule is CCN(C)C1Cc2ccc(C)c3c2C2C1=CC=C(O)C2O3. The van der Waals surface area contributed by atoms with Gasteiger partial charge in [-0.15, -0.1) is 0 Å². The average Bonchev–Trinajstić information content (AvgIpc) is 2.91. The van der Waals surface area contributed by atoms with E-state index >= 15 is 0 Å². The molecule has 1 N–H and O–H groups in total. The van der Waals surface area contributed by atoms with E-state index in [2.05, 4.69) is 44.0 Å². The third-order valence-corrected chi connectivity index (χ3v) is 5.27. The smallest absolute Gasteiger partial charge is 0.166 e. The third kappa shape index (κ3) is 1.64. The fraction of sp³-hybridized carbons (Fsp3) is 0.444. The molecular weight excluding hydrogens is 262 g/mol. The first-order valence-electron chi connectivity index (χ1n) is 7.71. The highest BCUT2D eigenvalue weighted by Crippen LogP contribution is 2.53. The monoisotopic (exact) mass is 283 g/mol. The van der Waals surface area contributed by atoms with Crippen LogP contribution in [-0.4, -0.2) is 35.7 Å². The van der Waals surface area contributed by atoms with Crippen LogP contribution in [0.15, 0.2) is 35.6 Å². The van der Waals surface area contributed by atoms with Gasteiger partial charge in [-0.25, -0.2) is 0 Å². The summed E-state index contributed by atoms with van der Waals surface area (Å²) < 4.78 is 6.13. The molecule has 0 fully saturated rings. The van der Waals surface area contributed by atoms with E-state index in [9.17, 15) is 5.11 Å². The van der Waals surface area contributed by atoms with Crippen LogP contribution in [-0.2, 0) is 6.42 Å². The molecular formula is C18H21NO2. The van der Waals surface area contributed by atoms with Crippen LogP contribution in [0.5, 0.6) is 5.75 Å². The number of aliphatic hydroxyl groups is 1. The normalized spacial score (nSPS) is 28.9. The molecule has 3 heteroatoms. The molecule has 2 aliphatic carbocycles. The van der Waals surface area contributed by atoms with Crippen molar-refractivity contribution in [3.8, 4) is 5.75 Å². The van der Waals surface area contributed by atoms with Gasteiger partial charge in [0.15, 0.2) is 6.10 Å². The Morgan fingerprint density at radius 1 is 1.33 bits per heavy atom. The fourth-order valence-corrected chi connectivity index (χ4v) is 4.00. The van der Waals surface area contributed by atoms with Crippen molar-refractivity contribution in [1.82, 2.24) is 4.90 Å². The van der Waals surface area contributed by atoms with Gasteiger partial charge in [-0.05, 0) is 49.7 Å². The standard InChI is InChI=1S/C18H21NO2/c1-4-19(3)13-9-11-6-5-10(2)17-15(11)16-12(13)7-8-14(20)18(16)21-17/h5-8,13,16,18,20H,4,9H2,1-3H3. The fourth-order valence-electron chi connectivity index (χ4n) is 4.00. The Morgan fingerprint density at radius 2 is 2.14 bits per heavy atom. The first kappa shape index (κ1) is 13.0. The Kier molecular flexibility index (Phi) is 2.70. The van der Waals surface area contributed by atoms with Crippen molar-refractivity contribution in [1.29, 1.82) is 0 Å². The maximum absolute atomic E-state index is 10.2. The van der Waals surface area contributed by atoms with E-state index in [1.165, 1.54) is 16.7 Å². The van der Waals surface area contributed by atoms with Gasteiger partial charge in [0, 0.05) is 11.6 Å². The van der Waals surface area contributed by atoms with Crippen LogP contribution < -0.4 is 4.74 Å². The molecule has 3 unspecified atom stereocenters. The van der Waals surface area contributed by atoms with Crippen molar-refractivity contribution in [2.75, 3.05) is 13.6 Å². The number of aryl methyl sites for hydroxylation is 1. The average molecular weight is 283 g/mol. The van der Waals surface area contributed by atoms with Crippen LogP contribution in [0.2, 0.25) is 0 Å². The van der Waals surface area contributed by atoms with Crippen LogP contribution in [0.4, 0.5) is 0 Å². The predicted molar refractivity (Wildman–Crippen MR) is 82.9 cm³/mol. The molecule has 3 nitrogen and oxygen atoms in total. The highest BCUT2D eigenvalue weighted by molar-refractivity contribution is 5.60. The molecule has 3 aliphatic rings. The molecule has 21 heavy (non-hydrogen) atoms. The molecule has 1 heterocycles. The molecule has 0 aromatic heterocycles. The molecule has 3 atom stereocenters. The Hall–Kier alpha value is -1.74. The summed E-state index contributed by atoms with van der Waals surface area (Å²) in [5.74, 6) is 1.53. The van der Waals surface area contributed by atoms with Gasteiger partial charge in [-0.3, -0.25) is 4.90 Å². The zero-order chi connectivity index (χ0) is 14.7. The van der Waals surface area contributed by atoms with E-state index in [0.29, 0.717) is 11.8 Å². The van der Waals surface area contributed by atoms with Gasteiger partial charge in [-0.1, -0.05) is 25.1 Å². The van der Waals surface area contributed by atoms with Gasteiger partial charge in [0.2, 0.25) is 0 Å². The molecule has 4 rings (SSSR count). The second kappa shape index (κ2) is 4.38. The van der Waals surface area contributed by atoms with E-state index < -0.39 is 0 Å². The Labute approximate surface area is 125 Å². The molecule has 0 saturated heterocycles. The van der Waals surface area contributed by atoms with Crippen LogP contribution in [0.1, 0.15) is 29.5 Å². The predicted octanol–water partition coefficient (Wildman–Crippen LogP) is 3.10. The Morgan fingerprint density at radius 3 is 2.90 bits per heavy atom. The van der Waals surface area contributed by atoms with E-state index in [-0.39, 0.29) is 12.0 Å². The summed E-state index contributed by atoms with van der Waals surface area (Å²) in [6.45, 7) is 5.29. The van der Waals surface area contributed by atoms with Gasteiger partial charge in [0.05, 0.1) is 5.92 Å². The van der Waals surface area contributed by atoms with Gasteiger partial charge < -0.3 is 9.84 Å². The lowest BCUT2D eigenvalue weighted by molar-refractivity contribution is 0.171. The number of ether oxygens (including phenoxy) is 1. The van der Waals surface area contributed by atoms with Crippen molar-refractivity contribution >= 4 is 0 Å². The van der Waals surface area contributed by atoms with Crippen LogP contribution in [0, 0.1) is 6.92 Å². The lowest BCUT2D eigenvalue weighted by Gasteiger charge is -2.39. The number of benzene rings is 1. The molecule has 0 amide bonds. The Balaban J connectivity index is 1.93. The summed E-state index contributed by atoms with van der Waals surface area (Å²) in [6, 6.07) is 4.78. The van der Waals surface area contributed by atoms with Gasteiger partial charge in [0.25, 0.3) is 0 Å². The second-order valence-electron chi connectivity index (χ2n) is 6.35. The summed E-state index contributed by atoms with van der Waals surface area (Å²) in [5.41, 5.74) is 5.24. The zero-order valence-electron chi connectivity index (χ0n) is 12.8.